The van der Waals surface area contributed by atoms with Crippen LogP contribution in [-0.4, -0.2) is 14.7 Å². The number of pyridine rings is 1. The van der Waals surface area contributed by atoms with E-state index in [-0.39, 0.29) is 0 Å². The van der Waals surface area contributed by atoms with Crippen LogP contribution in [0.3, 0.4) is 0 Å². The maximum Gasteiger partial charge on any atom is 0.255 e. The molecule has 1 aromatic heterocycles. The van der Waals surface area contributed by atoms with Crippen molar-refractivity contribution in [2.45, 2.75) is 6.92 Å². The molecule has 0 saturated heterocycles. The highest BCUT2D eigenvalue weighted by Gasteiger charge is 2.05. The zero-order valence-corrected chi connectivity index (χ0v) is 11.3. The Bertz CT molecular complexity index is 638. The summed E-state index contributed by atoms with van der Waals surface area (Å²) in [6, 6.07) is 12.7. The van der Waals surface area contributed by atoms with Crippen LogP contribution >= 0.6 is 0 Å². The van der Waals surface area contributed by atoms with Crippen molar-refractivity contribution in [1.29, 1.82) is 0 Å². The van der Waals surface area contributed by atoms with Crippen molar-refractivity contribution in [2.24, 2.45) is 7.05 Å². The predicted molar refractivity (Wildman–Crippen MR) is 65.8 cm³/mol. The lowest BCUT2D eigenvalue weighted by molar-refractivity contribution is -0.651. The summed E-state index contributed by atoms with van der Waals surface area (Å²) >= 11 is 0. The minimum atomic E-state index is -3.72. The number of hydrogen-bond donors (Lipinski definition) is 0. The van der Waals surface area contributed by atoms with Crippen LogP contribution in [0.25, 0.3) is 10.9 Å². The van der Waals surface area contributed by atoms with Crippen LogP contribution in [0.15, 0.2) is 36.4 Å². The van der Waals surface area contributed by atoms with E-state index in [0.29, 0.717) is 6.26 Å². The zero-order chi connectivity index (χ0) is 13.8. The lowest BCUT2D eigenvalue weighted by Crippen LogP contribution is -2.32. The second kappa shape index (κ2) is 5.90. The first-order chi connectivity index (χ1) is 8.35. The maximum absolute atomic E-state index is 9.47. The average molecular weight is 269 g/mol. The summed E-state index contributed by atoms with van der Waals surface area (Å²) in [6.45, 7) is 2.12. The molecule has 1 heterocycles. The molecule has 0 amide bonds. The first kappa shape index (κ1) is 14.6. The van der Waals surface area contributed by atoms with Crippen molar-refractivity contribution in [3.05, 3.63) is 42.1 Å². The van der Waals surface area contributed by atoms with Gasteiger partial charge in [0.2, 0.25) is 5.52 Å². The Morgan fingerprint density at radius 3 is 2.28 bits per heavy atom. The Kier molecular flexibility index (Phi) is 4.77. The van der Waals surface area contributed by atoms with Gasteiger partial charge in [-0.25, -0.2) is 8.42 Å². The Balaban J connectivity index is 0.000000232. The standard InChI is InChI=1S/C11H12N.CH4O4S/c1-9-7-8-10-5-3-4-6-11(10)12(9)2;1-6(3,4)5-2/h3-8H,1-2H3;2H,1H3/q+1;/p-1. The summed E-state index contributed by atoms with van der Waals surface area (Å²) in [5.41, 5.74) is 2.58. The summed E-state index contributed by atoms with van der Waals surface area (Å²) in [4.78, 5) is 0. The summed E-state index contributed by atoms with van der Waals surface area (Å²) in [6.07, 6.45) is 0.681. The number of rotatable bonds is 1. The molecule has 0 saturated carbocycles. The molecule has 18 heavy (non-hydrogen) atoms. The highest BCUT2D eigenvalue weighted by Crippen LogP contribution is 2.08. The van der Waals surface area contributed by atoms with E-state index in [2.05, 4.69) is 59.3 Å². The van der Waals surface area contributed by atoms with Crippen molar-refractivity contribution < 1.29 is 22.6 Å². The Morgan fingerprint density at radius 1 is 1.17 bits per heavy atom. The summed E-state index contributed by atoms with van der Waals surface area (Å²) in [5, 5.41) is 10.2. The minimum Gasteiger partial charge on any atom is -0.707 e. The van der Waals surface area contributed by atoms with Gasteiger partial charge in [0.05, 0.1) is 6.26 Å². The van der Waals surface area contributed by atoms with Gasteiger partial charge in [-0.15, -0.1) is 0 Å². The molecule has 0 aliphatic carbocycles. The van der Waals surface area contributed by atoms with Gasteiger partial charge in [-0.3, -0.25) is 0 Å². The van der Waals surface area contributed by atoms with Gasteiger partial charge in [0.1, 0.15) is 7.05 Å². The van der Waals surface area contributed by atoms with E-state index >= 15 is 0 Å². The topological polar surface area (TPSA) is 70.3 Å². The smallest absolute Gasteiger partial charge is 0.255 e. The second-order valence-electron chi connectivity index (χ2n) is 3.86. The highest BCUT2D eigenvalue weighted by molar-refractivity contribution is 7.85. The average Bonchev–Trinajstić information content (AvgIpc) is 2.34. The summed E-state index contributed by atoms with van der Waals surface area (Å²) in [5.74, 6) is 0. The van der Waals surface area contributed by atoms with E-state index in [1.807, 2.05) is 0 Å². The first-order valence-electron chi connectivity index (χ1n) is 5.21. The van der Waals surface area contributed by atoms with Crippen LogP contribution < -0.4 is 9.82 Å². The molecular weight excluding hydrogens is 254 g/mol. The zero-order valence-electron chi connectivity index (χ0n) is 10.5. The van der Waals surface area contributed by atoms with Gasteiger partial charge in [-0.1, -0.05) is 12.1 Å². The molecule has 1 aromatic carbocycles. The SMILES string of the molecule is CS(=O)(=O)O[O-].Cc1ccc2ccccc2[n+]1C. The quantitative estimate of drug-likeness (QED) is 0.421. The molecule has 0 aliphatic heterocycles. The number of hydrogen-bond acceptors (Lipinski definition) is 4. The van der Waals surface area contributed by atoms with Gasteiger partial charge in [-0.2, -0.15) is 4.57 Å². The molecular formula is C12H15NO4S. The summed E-state index contributed by atoms with van der Waals surface area (Å²) < 4.78 is 23.8. The third kappa shape index (κ3) is 4.06. The molecule has 2 rings (SSSR count). The second-order valence-corrected chi connectivity index (χ2v) is 5.41. The number of para-hydroxylation sites is 1. The maximum atomic E-state index is 9.47. The first-order valence-corrected chi connectivity index (χ1v) is 7.02. The fourth-order valence-electron chi connectivity index (χ4n) is 1.45. The molecule has 5 nitrogen and oxygen atoms in total. The number of benzene rings is 1. The monoisotopic (exact) mass is 269 g/mol. The third-order valence-electron chi connectivity index (χ3n) is 2.45. The van der Waals surface area contributed by atoms with Crippen LogP contribution in [0.2, 0.25) is 0 Å². The van der Waals surface area contributed by atoms with Crippen molar-refractivity contribution in [3.8, 4) is 0 Å². The molecule has 0 N–H and O–H groups in total. The fourth-order valence-corrected chi connectivity index (χ4v) is 1.45. The van der Waals surface area contributed by atoms with Gasteiger partial charge < -0.3 is 9.59 Å². The Morgan fingerprint density at radius 2 is 1.72 bits per heavy atom. The van der Waals surface area contributed by atoms with E-state index in [4.69, 9.17) is 5.26 Å². The van der Waals surface area contributed by atoms with Crippen LogP contribution in [-0.2, 0) is 21.5 Å². The minimum absolute atomic E-state index is 0.681. The van der Waals surface area contributed by atoms with Gasteiger partial charge in [0.25, 0.3) is 10.1 Å². The number of aryl methyl sites for hydroxylation is 2. The lowest BCUT2D eigenvalue weighted by Gasteiger charge is -1.97. The molecule has 0 aliphatic rings. The van der Waals surface area contributed by atoms with Crippen LogP contribution in [0, 0.1) is 6.92 Å². The number of aromatic nitrogens is 1. The van der Waals surface area contributed by atoms with Crippen molar-refractivity contribution in [3.63, 3.8) is 0 Å². The molecule has 0 bridgehead atoms. The van der Waals surface area contributed by atoms with E-state index < -0.39 is 10.1 Å². The molecule has 2 aromatic rings. The molecule has 0 unspecified atom stereocenters. The van der Waals surface area contributed by atoms with E-state index in [1.54, 1.807) is 0 Å². The van der Waals surface area contributed by atoms with Crippen molar-refractivity contribution in [2.75, 3.05) is 6.26 Å². The van der Waals surface area contributed by atoms with Gasteiger partial charge in [0.15, 0.2) is 5.69 Å². The molecule has 98 valence electrons. The molecule has 0 atom stereocenters. The lowest BCUT2D eigenvalue weighted by atomic mass is 10.2. The fraction of sp³-hybridized carbons (Fsp3) is 0.250. The van der Waals surface area contributed by atoms with E-state index in [1.165, 1.54) is 16.6 Å². The van der Waals surface area contributed by atoms with Gasteiger partial charge in [0, 0.05) is 24.4 Å². The normalized spacial score (nSPS) is 10.9. The highest BCUT2D eigenvalue weighted by atomic mass is 32.2. The van der Waals surface area contributed by atoms with Crippen LogP contribution in [0.1, 0.15) is 5.69 Å². The van der Waals surface area contributed by atoms with E-state index in [0.717, 1.165) is 0 Å². The number of nitrogens with zero attached hydrogens (tertiary/aromatic N) is 1. The summed E-state index contributed by atoms with van der Waals surface area (Å²) in [7, 11) is -1.62. The molecule has 0 spiro atoms. The third-order valence-corrected chi connectivity index (χ3v) is 2.70. The predicted octanol–water partition coefficient (Wildman–Crippen LogP) is 0.211. The number of fused-ring (bicyclic) bond motifs is 1. The van der Waals surface area contributed by atoms with Crippen LogP contribution in [0.5, 0.6) is 0 Å². The Hall–Kier alpha value is -1.50. The van der Waals surface area contributed by atoms with Gasteiger partial charge in [-0.05, 0) is 12.1 Å². The van der Waals surface area contributed by atoms with Gasteiger partial charge >= 0.3 is 0 Å². The molecule has 0 radical (unpaired) electrons. The van der Waals surface area contributed by atoms with Crippen LogP contribution in [0.4, 0.5) is 0 Å². The Labute approximate surface area is 106 Å². The molecule has 0 fully saturated rings. The molecule has 6 heteroatoms. The largest absolute Gasteiger partial charge is 0.707 e. The van der Waals surface area contributed by atoms with E-state index in [9.17, 15) is 8.42 Å². The van der Waals surface area contributed by atoms with Crippen molar-refractivity contribution >= 4 is 21.0 Å². The van der Waals surface area contributed by atoms with Crippen molar-refractivity contribution in [1.82, 2.24) is 0 Å².